The summed E-state index contributed by atoms with van der Waals surface area (Å²) < 4.78 is 0. The Morgan fingerprint density at radius 1 is 1.62 bits per heavy atom. The molecule has 1 aromatic heterocycles. The first-order valence-corrected chi connectivity index (χ1v) is 4.01. The van der Waals surface area contributed by atoms with Gasteiger partial charge in [-0.3, -0.25) is 4.79 Å². The third kappa shape index (κ3) is 2.74. The number of aliphatic carboxylic acids is 1. The molecule has 1 rings (SSSR count). The lowest BCUT2D eigenvalue weighted by Gasteiger charge is -2.09. The molecule has 0 aromatic carbocycles. The first-order chi connectivity index (χ1) is 6.09. The van der Waals surface area contributed by atoms with Crippen LogP contribution in [0.25, 0.3) is 0 Å². The molecule has 1 aromatic rings. The maximum atomic E-state index is 10.5. The van der Waals surface area contributed by atoms with Crippen LogP contribution in [0.4, 0.5) is 5.82 Å². The van der Waals surface area contributed by atoms with Crippen LogP contribution in [0.2, 0.25) is 0 Å². The highest BCUT2D eigenvalue weighted by molar-refractivity contribution is 5.76. The summed E-state index contributed by atoms with van der Waals surface area (Å²) >= 11 is 0. The van der Waals surface area contributed by atoms with Crippen molar-refractivity contribution in [1.82, 2.24) is 4.98 Å². The number of rotatable bonds is 3. The quantitative estimate of drug-likeness (QED) is 0.735. The molecular formula is C9H12N2O2. The minimum atomic E-state index is -0.887. The van der Waals surface area contributed by atoms with Crippen LogP contribution in [-0.2, 0) is 4.79 Å². The molecule has 0 bridgehead atoms. The Labute approximate surface area is 76.6 Å². The van der Waals surface area contributed by atoms with E-state index in [-0.39, 0.29) is 0 Å². The van der Waals surface area contributed by atoms with Crippen molar-refractivity contribution in [2.75, 3.05) is 5.32 Å². The zero-order valence-electron chi connectivity index (χ0n) is 7.61. The first-order valence-electron chi connectivity index (χ1n) is 4.01. The van der Waals surface area contributed by atoms with E-state index >= 15 is 0 Å². The van der Waals surface area contributed by atoms with Gasteiger partial charge in [-0.1, -0.05) is 6.07 Å². The third-order valence-electron chi connectivity index (χ3n) is 1.65. The van der Waals surface area contributed by atoms with E-state index in [9.17, 15) is 4.79 Å². The number of hydrogen-bond donors (Lipinski definition) is 2. The van der Waals surface area contributed by atoms with Crippen molar-refractivity contribution in [3.63, 3.8) is 0 Å². The molecule has 0 fully saturated rings. The van der Waals surface area contributed by atoms with Gasteiger partial charge < -0.3 is 10.4 Å². The van der Waals surface area contributed by atoms with Crippen molar-refractivity contribution >= 4 is 11.8 Å². The van der Waals surface area contributed by atoms with E-state index in [1.54, 1.807) is 19.2 Å². The van der Waals surface area contributed by atoms with Gasteiger partial charge in [0.2, 0.25) is 0 Å². The number of nitrogens with one attached hydrogen (secondary N) is 1. The lowest BCUT2D eigenvalue weighted by molar-refractivity contribution is -0.137. The van der Waals surface area contributed by atoms with E-state index in [0.717, 1.165) is 5.56 Å². The molecular weight excluding hydrogens is 168 g/mol. The molecule has 0 aliphatic rings. The van der Waals surface area contributed by atoms with Crippen molar-refractivity contribution in [3.05, 3.63) is 23.9 Å². The minimum Gasteiger partial charge on any atom is -0.480 e. The van der Waals surface area contributed by atoms with Crippen LogP contribution >= 0.6 is 0 Å². The largest absolute Gasteiger partial charge is 0.480 e. The summed E-state index contributed by atoms with van der Waals surface area (Å²) in [6.45, 7) is 3.50. The van der Waals surface area contributed by atoms with Crippen LogP contribution in [0.3, 0.4) is 0 Å². The van der Waals surface area contributed by atoms with Crippen molar-refractivity contribution < 1.29 is 9.90 Å². The van der Waals surface area contributed by atoms with Crippen LogP contribution in [0.15, 0.2) is 18.3 Å². The normalized spacial score (nSPS) is 12.2. The lowest BCUT2D eigenvalue weighted by atomic mass is 10.3. The number of carboxylic acids is 1. The average Bonchev–Trinajstić information content (AvgIpc) is 2.08. The fourth-order valence-electron chi connectivity index (χ4n) is 0.837. The highest BCUT2D eigenvalue weighted by Crippen LogP contribution is 2.05. The molecule has 1 atom stereocenters. The number of hydrogen-bond acceptors (Lipinski definition) is 3. The maximum absolute atomic E-state index is 10.5. The van der Waals surface area contributed by atoms with Crippen LogP contribution < -0.4 is 5.32 Å². The molecule has 2 N–H and O–H groups in total. The summed E-state index contributed by atoms with van der Waals surface area (Å²) in [5.74, 6) is -0.303. The number of pyridine rings is 1. The number of aryl methyl sites for hydroxylation is 1. The monoisotopic (exact) mass is 180 g/mol. The van der Waals surface area contributed by atoms with E-state index in [4.69, 9.17) is 5.11 Å². The number of nitrogens with zero attached hydrogens (tertiary/aromatic N) is 1. The Hall–Kier alpha value is -1.58. The fraction of sp³-hybridized carbons (Fsp3) is 0.333. The van der Waals surface area contributed by atoms with Gasteiger partial charge in [-0.2, -0.15) is 0 Å². The van der Waals surface area contributed by atoms with E-state index in [1.165, 1.54) is 0 Å². The van der Waals surface area contributed by atoms with Gasteiger partial charge in [0.05, 0.1) is 0 Å². The Morgan fingerprint density at radius 3 is 2.77 bits per heavy atom. The number of carboxylic acid groups (broad SMARTS) is 1. The van der Waals surface area contributed by atoms with Crippen molar-refractivity contribution in [2.45, 2.75) is 19.9 Å². The molecule has 4 heteroatoms. The molecule has 4 nitrogen and oxygen atoms in total. The molecule has 0 aliphatic heterocycles. The Bertz CT molecular complexity index is 295. The number of aromatic nitrogens is 1. The molecule has 0 spiro atoms. The highest BCUT2D eigenvalue weighted by atomic mass is 16.4. The summed E-state index contributed by atoms with van der Waals surface area (Å²) in [6, 6.07) is 3.02. The molecule has 0 radical (unpaired) electrons. The van der Waals surface area contributed by atoms with E-state index in [1.807, 2.05) is 13.0 Å². The predicted molar refractivity (Wildman–Crippen MR) is 49.7 cm³/mol. The van der Waals surface area contributed by atoms with Crippen LogP contribution in [0.5, 0.6) is 0 Å². The van der Waals surface area contributed by atoms with Gasteiger partial charge in [0.15, 0.2) is 0 Å². The predicted octanol–water partition coefficient (Wildman–Crippen LogP) is 1.28. The van der Waals surface area contributed by atoms with Crippen LogP contribution in [-0.4, -0.2) is 22.1 Å². The molecule has 1 unspecified atom stereocenters. The van der Waals surface area contributed by atoms with Gasteiger partial charge in [0.25, 0.3) is 0 Å². The topological polar surface area (TPSA) is 62.2 Å². The zero-order valence-corrected chi connectivity index (χ0v) is 7.61. The average molecular weight is 180 g/mol. The van der Waals surface area contributed by atoms with Crippen LogP contribution in [0, 0.1) is 6.92 Å². The molecule has 0 amide bonds. The number of carbonyl (C=O) groups is 1. The van der Waals surface area contributed by atoms with Gasteiger partial charge in [-0.05, 0) is 25.5 Å². The molecule has 1 heterocycles. The summed E-state index contributed by atoms with van der Waals surface area (Å²) in [6.07, 6.45) is 1.69. The molecule has 70 valence electrons. The Kier molecular flexibility index (Phi) is 2.84. The third-order valence-corrected chi connectivity index (χ3v) is 1.65. The van der Waals surface area contributed by atoms with Gasteiger partial charge in [-0.25, -0.2) is 4.98 Å². The molecule has 0 saturated heterocycles. The standard InChI is InChI=1S/C9H12N2O2/c1-6-3-4-8(10-5-6)11-7(2)9(12)13/h3-5,7H,1-2H3,(H,10,11)(H,12,13). The summed E-state index contributed by atoms with van der Waals surface area (Å²) in [4.78, 5) is 14.5. The molecule has 0 aliphatic carbocycles. The van der Waals surface area contributed by atoms with E-state index < -0.39 is 12.0 Å². The summed E-state index contributed by atoms with van der Waals surface area (Å²) in [5.41, 5.74) is 1.05. The zero-order chi connectivity index (χ0) is 9.84. The van der Waals surface area contributed by atoms with Crippen molar-refractivity contribution in [3.8, 4) is 0 Å². The molecule has 13 heavy (non-hydrogen) atoms. The van der Waals surface area contributed by atoms with Crippen molar-refractivity contribution in [2.24, 2.45) is 0 Å². The Morgan fingerprint density at radius 2 is 2.31 bits per heavy atom. The van der Waals surface area contributed by atoms with E-state index in [2.05, 4.69) is 10.3 Å². The lowest BCUT2D eigenvalue weighted by Crippen LogP contribution is -2.25. The van der Waals surface area contributed by atoms with Crippen LogP contribution in [0.1, 0.15) is 12.5 Å². The smallest absolute Gasteiger partial charge is 0.325 e. The van der Waals surface area contributed by atoms with Gasteiger partial charge in [0, 0.05) is 6.20 Å². The first kappa shape index (κ1) is 9.51. The number of anilines is 1. The second kappa shape index (κ2) is 3.89. The maximum Gasteiger partial charge on any atom is 0.325 e. The highest BCUT2D eigenvalue weighted by Gasteiger charge is 2.09. The van der Waals surface area contributed by atoms with Crippen molar-refractivity contribution in [1.29, 1.82) is 0 Å². The minimum absolute atomic E-state index is 0.584. The Balaban J connectivity index is 2.64. The SMILES string of the molecule is Cc1ccc(NC(C)C(=O)O)nc1. The summed E-state index contributed by atoms with van der Waals surface area (Å²) in [7, 11) is 0. The molecule has 0 saturated carbocycles. The van der Waals surface area contributed by atoms with Gasteiger partial charge in [-0.15, -0.1) is 0 Å². The summed E-state index contributed by atoms with van der Waals surface area (Å²) in [5, 5.41) is 11.4. The van der Waals surface area contributed by atoms with E-state index in [0.29, 0.717) is 5.82 Å². The second-order valence-corrected chi connectivity index (χ2v) is 2.93. The van der Waals surface area contributed by atoms with Gasteiger partial charge >= 0.3 is 5.97 Å². The second-order valence-electron chi connectivity index (χ2n) is 2.93. The fourth-order valence-corrected chi connectivity index (χ4v) is 0.837. The van der Waals surface area contributed by atoms with Gasteiger partial charge in [0.1, 0.15) is 11.9 Å².